The molecule has 6 heteroatoms. The number of anilines is 1. The number of hydrogen-bond donors (Lipinski definition) is 2. The summed E-state index contributed by atoms with van der Waals surface area (Å²) in [7, 11) is 0. The lowest BCUT2D eigenvalue weighted by atomic mass is 10.1. The normalized spacial score (nSPS) is 11.8. The predicted octanol–water partition coefficient (Wildman–Crippen LogP) is 3.31. The van der Waals surface area contributed by atoms with E-state index >= 15 is 0 Å². The van der Waals surface area contributed by atoms with Crippen LogP contribution in [0.5, 0.6) is 0 Å². The van der Waals surface area contributed by atoms with Crippen molar-refractivity contribution < 1.29 is 4.79 Å². The van der Waals surface area contributed by atoms with Crippen molar-refractivity contribution in [2.45, 2.75) is 32.7 Å². The maximum absolute atomic E-state index is 12.1. The van der Waals surface area contributed by atoms with Crippen LogP contribution in [0.1, 0.15) is 36.3 Å². The molecule has 0 fully saturated rings. The van der Waals surface area contributed by atoms with Crippen molar-refractivity contribution in [2.75, 3.05) is 11.9 Å². The van der Waals surface area contributed by atoms with Gasteiger partial charge in [-0.1, -0.05) is 30.7 Å². The van der Waals surface area contributed by atoms with Crippen LogP contribution in [0.25, 0.3) is 0 Å². The highest BCUT2D eigenvalue weighted by molar-refractivity contribution is 6.30. The van der Waals surface area contributed by atoms with Gasteiger partial charge in [0, 0.05) is 23.8 Å². The third-order valence-electron chi connectivity index (χ3n) is 3.46. The van der Waals surface area contributed by atoms with Crippen LogP contribution < -0.4 is 10.6 Å². The van der Waals surface area contributed by atoms with E-state index in [9.17, 15) is 4.79 Å². The number of benzene rings is 1. The molecule has 2 aromatic rings. The third-order valence-corrected chi connectivity index (χ3v) is 3.70. The first-order valence-corrected chi connectivity index (χ1v) is 8.08. The Morgan fingerprint density at radius 3 is 2.91 bits per heavy atom. The average Bonchev–Trinajstić information content (AvgIpc) is 2.55. The maximum Gasteiger partial charge on any atom is 0.270 e. The van der Waals surface area contributed by atoms with Crippen LogP contribution in [0, 0.1) is 0 Å². The van der Waals surface area contributed by atoms with Crippen LogP contribution in [0.4, 0.5) is 5.95 Å². The fraction of sp³-hybridized carbons (Fsp3) is 0.353. The minimum Gasteiger partial charge on any atom is -0.354 e. The Kier molecular flexibility index (Phi) is 6.35. The number of amides is 1. The van der Waals surface area contributed by atoms with Crippen LogP contribution in [0.15, 0.2) is 36.5 Å². The molecule has 5 nitrogen and oxygen atoms in total. The van der Waals surface area contributed by atoms with E-state index in [0.29, 0.717) is 18.2 Å². The highest BCUT2D eigenvalue weighted by Gasteiger charge is 2.10. The first-order valence-electron chi connectivity index (χ1n) is 7.70. The largest absolute Gasteiger partial charge is 0.354 e. The minimum absolute atomic E-state index is 0.122. The molecule has 1 heterocycles. The summed E-state index contributed by atoms with van der Waals surface area (Å²) in [4.78, 5) is 20.4. The molecule has 0 aliphatic carbocycles. The van der Waals surface area contributed by atoms with E-state index in [0.717, 1.165) is 23.4 Å². The number of rotatable bonds is 7. The van der Waals surface area contributed by atoms with Gasteiger partial charge in [-0.3, -0.25) is 4.79 Å². The van der Waals surface area contributed by atoms with Gasteiger partial charge in [-0.25, -0.2) is 9.97 Å². The second kappa shape index (κ2) is 8.48. The lowest BCUT2D eigenvalue weighted by Gasteiger charge is -2.11. The number of carbonyl (C=O) groups excluding carboxylic acids is 1. The highest BCUT2D eigenvalue weighted by atomic mass is 35.5. The summed E-state index contributed by atoms with van der Waals surface area (Å²) in [5.41, 5.74) is 1.50. The van der Waals surface area contributed by atoms with Gasteiger partial charge in [0.15, 0.2) is 0 Å². The molecule has 2 rings (SSSR count). The topological polar surface area (TPSA) is 66.9 Å². The van der Waals surface area contributed by atoms with Crippen molar-refractivity contribution in [3.63, 3.8) is 0 Å². The molecule has 122 valence electrons. The monoisotopic (exact) mass is 332 g/mol. The Labute approximate surface area is 141 Å². The van der Waals surface area contributed by atoms with Gasteiger partial charge in [0.05, 0.1) is 0 Å². The van der Waals surface area contributed by atoms with Gasteiger partial charge < -0.3 is 10.6 Å². The zero-order chi connectivity index (χ0) is 16.7. The summed E-state index contributed by atoms with van der Waals surface area (Å²) < 4.78 is 0. The van der Waals surface area contributed by atoms with Gasteiger partial charge >= 0.3 is 0 Å². The molecule has 0 spiro atoms. The van der Waals surface area contributed by atoms with Crippen LogP contribution in [0.2, 0.25) is 5.02 Å². The zero-order valence-corrected chi connectivity index (χ0v) is 14.1. The molecule has 1 amide bonds. The molecule has 1 aromatic heterocycles. The van der Waals surface area contributed by atoms with E-state index in [2.05, 4.69) is 20.6 Å². The lowest BCUT2D eigenvalue weighted by molar-refractivity contribution is 0.0934. The summed E-state index contributed by atoms with van der Waals surface area (Å²) in [5.74, 6) is 0.267. The number of halogens is 1. The lowest BCUT2D eigenvalue weighted by Crippen LogP contribution is -2.32. The molecule has 1 atom stereocenters. The van der Waals surface area contributed by atoms with Crippen molar-refractivity contribution in [1.82, 2.24) is 15.3 Å². The van der Waals surface area contributed by atoms with Gasteiger partial charge in [0.2, 0.25) is 5.95 Å². The molecule has 0 aliphatic rings. The fourth-order valence-corrected chi connectivity index (χ4v) is 2.19. The number of hydrogen-bond acceptors (Lipinski definition) is 4. The van der Waals surface area contributed by atoms with E-state index in [4.69, 9.17) is 11.6 Å². The third kappa shape index (κ3) is 5.53. The standard InChI is InChI=1S/C17H21ClN4O/c1-3-12(2)21-16(23)15-8-10-20-17(22-15)19-9-7-13-5-4-6-14(18)11-13/h4-6,8,10-12H,3,7,9H2,1-2H3,(H,21,23)(H,19,20,22). The molecule has 1 unspecified atom stereocenters. The van der Waals surface area contributed by atoms with Crippen molar-refractivity contribution in [3.8, 4) is 0 Å². The zero-order valence-electron chi connectivity index (χ0n) is 13.3. The van der Waals surface area contributed by atoms with Gasteiger partial charge in [0.1, 0.15) is 5.69 Å². The molecule has 0 aliphatic heterocycles. The van der Waals surface area contributed by atoms with E-state index in [-0.39, 0.29) is 11.9 Å². The summed E-state index contributed by atoms with van der Waals surface area (Å²) in [5, 5.41) is 6.74. The first kappa shape index (κ1) is 17.2. The Morgan fingerprint density at radius 2 is 2.17 bits per heavy atom. The molecule has 0 bridgehead atoms. The van der Waals surface area contributed by atoms with Crippen LogP contribution in [0.3, 0.4) is 0 Å². The molecule has 1 aromatic carbocycles. The van der Waals surface area contributed by atoms with Crippen LogP contribution in [-0.4, -0.2) is 28.5 Å². The Hall–Kier alpha value is -2.14. The highest BCUT2D eigenvalue weighted by Crippen LogP contribution is 2.11. The number of carbonyl (C=O) groups is 1. The summed E-state index contributed by atoms with van der Waals surface area (Å²) in [6.45, 7) is 4.65. The predicted molar refractivity (Wildman–Crippen MR) is 92.9 cm³/mol. The van der Waals surface area contributed by atoms with Gasteiger partial charge in [0.25, 0.3) is 5.91 Å². The average molecular weight is 333 g/mol. The van der Waals surface area contributed by atoms with Crippen molar-refractivity contribution >= 4 is 23.5 Å². The Bertz CT molecular complexity index is 663. The smallest absolute Gasteiger partial charge is 0.270 e. The number of nitrogens with zero attached hydrogens (tertiary/aromatic N) is 2. The molecular weight excluding hydrogens is 312 g/mol. The second-order valence-electron chi connectivity index (χ2n) is 5.35. The molecule has 0 saturated carbocycles. The van der Waals surface area contributed by atoms with Crippen LogP contribution >= 0.6 is 11.6 Å². The first-order chi connectivity index (χ1) is 11.1. The minimum atomic E-state index is -0.181. The second-order valence-corrected chi connectivity index (χ2v) is 5.79. The fourth-order valence-electron chi connectivity index (χ4n) is 1.98. The quantitative estimate of drug-likeness (QED) is 0.816. The Balaban J connectivity index is 1.91. The summed E-state index contributed by atoms with van der Waals surface area (Å²) in [6.07, 6.45) is 3.26. The molecule has 2 N–H and O–H groups in total. The SMILES string of the molecule is CCC(C)NC(=O)c1ccnc(NCCc2cccc(Cl)c2)n1. The molecule has 0 saturated heterocycles. The Morgan fingerprint density at radius 1 is 1.35 bits per heavy atom. The molecule has 0 radical (unpaired) electrons. The van der Waals surface area contributed by atoms with Crippen LogP contribution in [-0.2, 0) is 6.42 Å². The molecule has 23 heavy (non-hydrogen) atoms. The van der Waals surface area contributed by atoms with Crippen molar-refractivity contribution in [2.24, 2.45) is 0 Å². The number of nitrogens with one attached hydrogen (secondary N) is 2. The van der Waals surface area contributed by atoms with E-state index in [1.807, 2.05) is 38.1 Å². The van der Waals surface area contributed by atoms with Crippen molar-refractivity contribution in [1.29, 1.82) is 0 Å². The van der Waals surface area contributed by atoms with E-state index in [1.54, 1.807) is 12.3 Å². The van der Waals surface area contributed by atoms with Crippen molar-refractivity contribution in [3.05, 3.63) is 52.8 Å². The molecular formula is C17H21ClN4O. The van der Waals surface area contributed by atoms with Gasteiger partial charge in [-0.05, 0) is 43.5 Å². The van der Waals surface area contributed by atoms with Gasteiger partial charge in [-0.2, -0.15) is 0 Å². The van der Waals surface area contributed by atoms with E-state index in [1.165, 1.54) is 0 Å². The van der Waals surface area contributed by atoms with Gasteiger partial charge in [-0.15, -0.1) is 0 Å². The van der Waals surface area contributed by atoms with E-state index < -0.39 is 0 Å². The summed E-state index contributed by atoms with van der Waals surface area (Å²) >= 11 is 5.96. The number of aromatic nitrogens is 2. The maximum atomic E-state index is 12.1. The summed E-state index contributed by atoms with van der Waals surface area (Å²) in [6, 6.07) is 9.45.